The van der Waals surface area contributed by atoms with Gasteiger partial charge in [0.2, 0.25) is 0 Å². The maximum atomic E-state index is 6.25. The van der Waals surface area contributed by atoms with Gasteiger partial charge >= 0.3 is 0 Å². The lowest BCUT2D eigenvalue weighted by molar-refractivity contribution is 0.247. The van der Waals surface area contributed by atoms with Gasteiger partial charge in [-0.05, 0) is 42.5 Å². The summed E-state index contributed by atoms with van der Waals surface area (Å²) in [5.41, 5.74) is 1.08. The van der Waals surface area contributed by atoms with Crippen LogP contribution in [0.4, 0.5) is 0 Å². The SMILES string of the molecule is ClC(Cl)=CCOc1cc(Cl)c(OCCCOc2ccc(-n3cccc3)cc2)c(Cl)c1. The molecule has 4 nitrogen and oxygen atoms in total. The van der Waals surface area contributed by atoms with E-state index in [1.54, 1.807) is 12.1 Å². The van der Waals surface area contributed by atoms with Crippen molar-refractivity contribution in [2.45, 2.75) is 6.42 Å². The molecule has 0 aliphatic rings. The molecule has 2 aromatic carbocycles. The molecule has 0 bridgehead atoms. The molecule has 0 aliphatic carbocycles. The van der Waals surface area contributed by atoms with Crippen LogP contribution in [-0.4, -0.2) is 24.4 Å². The van der Waals surface area contributed by atoms with Crippen molar-refractivity contribution in [2.24, 2.45) is 0 Å². The molecule has 1 heterocycles. The van der Waals surface area contributed by atoms with E-state index in [0.29, 0.717) is 41.2 Å². The summed E-state index contributed by atoms with van der Waals surface area (Å²) in [6.45, 7) is 1.12. The highest BCUT2D eigenvalue weighted by Gasteiger charge is 2.10. The molecule has 0 saturated carbocycles. The summed E-state index contributed by atoms with van der Waals surface area (Å²) in [6, 6.07) is 15.1. The molecule has 0 radical (unpaired) electrons. The summed E-state index contributed by atoms with van der Waals surface area (Å²) in [4.78, 5) is 0. The van der Waals surface area contributed by atoms with Crippen molar-refractivity contribution in [3.05, 3.63) is 81.5 Å². The first-order valence-electron chi connectivity index (χ1n) is 9.15. The van der Waals surface area contributed by atoms with Gasteiger partial charge in [0.15, 0.2) is 5.75 Å². The number of aromatic nitrogens is 1. The molecule has 158 valence electrons. The molecule has 0 atom stereocenters. The lowest BCUT2D eigenvalue weighted by Crippen LogP contribution is -2.06. The molecule has 0 saturated heterocycles. The second-order valence-electron chi connectivity index (χ2n) is 6.16. The minimum Gasteiger partial charge on any atom is -0.493 e. The van der Waals surface area contributed by atoms with Crippen molar-refractivity contribution in [1.29, 1.82) is 0 Å². The lowest BCUT2D eigenvalue weighted by atomic mass is 10.3. The quantitative estimate of drug-likeness (QED) is 0.281. The van der Waals surface area contributed by atoms with Gasteiger partial charge in [-0.3, -0.25) is 0 Å². The monoisotopic (exact) mass is 485 g/mol. The first-order valence-corrected chi connectivity index (χ1v) is 10.7. The number of nitrogens with zero attached hydrogens (tertiary/aromatic N) is 1. The zero-order valence-electron chi connectivity index (χ0n) is 15.9. The van der Waals surface area contributed by atoms with Gasteiger partial charge in [0.25, 0.3) is 0 Å². The van der Waals surface area contributed by atoms with Crippen molar-refractivity contribution in [3.63, 3.8) is 0 Å². The van der Waals surface area contributed by atoms with E-state index in [-0.39, 0.29) is 11.1 Å². The zero-order valence-corrected chi connectivity index (χ0v) is 18.9. The van der Waals surface area contributed by atoms with E-state index < -0.39 is 0 Å². The van der Waals surface area contributed by atoms with Gasteiger partial charge in [-0.25, -0.2) is 0 Å². The molecule has 3 rings (SSSR count). The van der Waals surface area contributed by atoms with Gasteiger partial charge in [-0.15, -0.1) is 0 Å². The fourth-order valence-electron chi connectivity index (χ4n) is 2.60. The molecule has 8 heteroatoms. The highest BCUT2D eigenvalue weighted by atomic mass is 35.5. The summed E-state index contributed by atoms with van der Waals surface area (Å²) < 4.78 is 19.1. The number of hydrogen-bond donors (Lipinski definition) is 0. The molecule has 0 unspecified atom stereocenters. The third kappa shape index (κ3) is 6.78. The molecule has 30 heavy (non-hydrogen) atoms. The Morgan fingerprint density at radius 3 is 2.10 bits per heavy atom. The van der Waals surface area contributed by atoms with Crippen LogP contribution >= 0.6 is 46.4 Å². The van der Waals surface area contributed by atoms with E-state index in [1.807, 2.05) is 53.4 Å². The van der Waals surface area contributed by atoms with Crippen molar-refractivity contribution in [2.75, 3.05) is 19.8 Å². The maximum Gasteiger partial charge on any atom is 0.156 e. The van der Waals surface area contributed by atoms with Crippen LogP contribution in [0.25, 0.3) is 5.69 Å². The van der Waals surface area contributed by atoms with Gasteiger partial charge in [0.1, 0.15) is 22.6 Å². The minimum atomic E-state index is 0.131. The fourth-order valence-corrected chi connectivity index (χ4v) is 3.31. The maximum absolute atomic E-state index is 6.25. The third-order valence-electron chi connectivity index (χ3n) is 4.00. The molecular formula is C22H19Cl4NO3. The van der Waals surface area contributed by atoms with Crippen LogP contribution in [0.1, 0.15) is 6.42 Å². The summed E-state index contributed by atoms with van der Waals surface area (Å²) in [6.07, 6.45) is 6.18. The van der Waals surface area contributed by atoms with Crippen LogP contribution in [-0.2, 0) is 0 Å². The normalized spacial score (nSPS) is 10.5. The second-order valence-corrected chi connectivity index (χ2v) is 7.98. The first kappa shape index (κ1) is 22.7. The topological polar surface area (TPSA) is 32.6 Å². The first-order chi connectivity index (χ1) is 14.5. The van der Waals surface area contributed by atoms with E-state index in [1.165, 1.54) is 6.08 Å². The van der Waals surface area contributed by atoms with E-state index in [2.05, 4.69) is 0 Å². The number of hydrogen-bond acceptors (Lipinski definition) is 3. The van der Waals surface area contributed by atoms with Crippen LogP contribution in [0.2, 0.25) is 10.0 Å². The smallest absolute Gasteiger partial charge is 0.156 e. The minimum absolute atomic E-state index is 0.131. The third-order valence-corrected chi connectivity index (χ3v) is 4.87. The van der Waals surface area contributed by atoms with Gasteiger partial charge in [0.05, 0.1) is 23.3 Å². The predicted molar refractivity (Wildman–Crippen MR) is 123 cm³/mol. The molecule has 1 aromatic heterocycles. The van der Waals surface area contributed by atoms with Crippen molar-refractivity contribution >= 4 is 46.4 Å². The predicted octanol–water partition coefficient (Wildman–Crippen LogP) is 7.33. The van der Waals surface area contributed by atoms with Crippen molar-refractivity contribution < 1.29 is 14.2 Å². The summed E-state index contributed by atoms with van der Waals surface area (Å²) >= 11 is 23.6. The van der Waals surface area contributed by atoms with Gasteiger partial charge in [-0.2, -0.15) is 0 Å². The van der Waals surface area contributed by atoms with Crippen LogP contribution in [0.5, 0.6) is 17.2 Å². The van der Waals surface area contributed by atoms with Crippen LogP contribution in [0.15, 0.2) is 71.5 Å². The summed E-state index contributed by atoms with van der Waals surface area (Å²) in [5, 5.41) is 0.722. The Balaban J connectivity index is 1.43. The molecule has 0 aliphatic heterocycles. The van der Waals surface area contributed by atoms with E-state index in [9.17, 15) is 0 Å². The molecule has 0 amide bonds. The van der Waals surface area contributed by atoms with Crippen LogP contribution < -0.4 is 14.2 Å². The standard InChI is InChI=1S/C22H19Cl4NO3/c23-19-14-18(29-13-8-21(25)26)15-20(24)22(19)30-12-3-11-28-17-6-4-16(5-7-17)27-9-1-2-10-27/h1-2,4-10,14-15H,3,11-13H2. The highest BCUT2D eigenvalue weighted by molar-refractivity contribution is 6.55. The Labute approximate surface area is 195 Å². The Bertz CT molecular complexity index is 946. The Hall–Kier alpha value is -1.98. The summed E-state index contributed by atoms with van der Waals surface area (Å²) in [5.74, 6) is 1.71. The summed E-state index contributed by atoms with van der Waals surface area (Å²) in [7, 11) is 0. The van der Waals surface area contributed by atoms with Crippen LogP contribution in [0, 0.1) is 0 Å². The Kier molecular flexibility index (Phi) is 8.64. The second kappa shape index (κ2) is 11.4. The molecule has 0 spiro atoms. The number of halogens is 4. The molecular weight excluding hydrogens is 468 g/mol. The number of rotatable bonds is 10. The van der Waals surface area contributed by atoms with Crippen molar-refractivity contribution in [1.82, 2.24) is 4.57 Å². The molecule has 3 aromatic rings. The molecule has 0 N–H and O–H groups in total. The average Bonchev–Trinajstić information content (AvgIpc) is 3.24. The molecule has 0 fully saturated rings. The van der Waals surface area contributed by atoms with Gasteiger partial charge in [0, 0.05) is 36.6 Å². The fraction of sp³-hybridized carbons (Fsp3) is 0.182. The Morgan fingerprint density at radius 1 is 0.833 bits per heavy atom. The number of ether oxygens (including phenoxy) is 3. The zero-order chi connectivity index (χ0) is 21.3. The Morgan fingerprint density at radius 2 is 1.47 bits per heavy atom. The average molecular weight is 487 g/mol. The van der Waals surface area contributed by atoms with Crippen LogP contribution in [0.3, 0.4) is 0 Å². The lowest BCUT2D eigenvalue weighted by Gasteiger charge is -2.13. The van der Waals surface area contributed by atoms with E-state index >= 15 is 0 Å². The van der Waals surface area contributed by atoms with Gasteiger partial charge in [-0.1, -0.05) is 46.4 Å². The highest BCUT2D eigenvalue weighted by Crippen LogP contribution is 2.37. The number of benzene rings is 2. The van der Waals surface area contributed by atoms with Gasteiger partial charge < -0.3 is 18.8 Å². The largest absolute Gasteiger partial charge is 0.493 e. The van der Waals surface area contributed by atoms with E-state index in [4.69, 9.17) is 60.6 Å². The van der Waals surface area contributed by atoms with Crippen molar-refractivity contribution in [3.8, 4) is 22.9 Å². The van der Waals surface area contributed by atoms with E-state index in [0.717, 1.165) is 11.4 Å².